The van der Waals surface area contributed by atoms with Crippen LogP contribution in [0.15, 0.2) is 30.3 Å². The molecule has 0 saturated carbocycles. The van der Waals surface area contributed by atoms with Crippen molar-refractivity contribution in [2.45, 2.75) is 19.1 Å². The van der Waals surface area contributed by atoms with Gasteiger partial charge in [0, 0.05) is 0 Å². The third-order valence-corrected chi connectivity index (χ3v) is 2.68. The number of hydrogen-bond donors (Lipinski definition) is 1. The van der Waals surface area contributed by atoms with E-state index >= 15 is 0 Å². The summed E-state index contributed by atoms with van der Waals surface area (Å²) in [6, 6.07) is 8.40. The third kappa shape index (κ3) is 3.07. The van der Waals surface area contributed by atoms with Gasteiger partial charge in [0.15, 0.2) is 11.9 Å². The summed E-state index contributed by atoms with van der Waals surface area (Å²) in [6.45, 7) is 2.28. The minimum atomic E-state index is -0.667. The van der Waals surface area contributed by atoms with Crippen LogP contribution < -0.4 is 5.32 Å². The molecule has 1 aromatic rings. The number of carbonyl (C=O) groups is 2. The maximum Gasteiger partial charge on any atom is 0.408 e. The number of carbonyl (C=O) groups excluding carboxylic acids is 2. The fourth-order valence-electron chi connectivity index (χ4n) is 1.65. The van der Waals surface area contributed by atoms with Crippen LogP contribution in [0.1, 0.15) is 18.5 Å². The molecular formula is C13H15NO4. The zero-order chi connectivity index (χ0) is 13.0. The summed E-state index contributed by atoms with van der Waals surface area (Å²) >= 11 is 0. The SMILES string of the molecule is CC(=O)[C@H](NC(=O)OC1COC1)c1ccccc1. The van der Waals surface area contributed by atoms with Crippen LogP contribution >= 0.6 is 0 Å². The van der Waals surface area contributed by atoms with Gasteiger partial charge in [0.1, 0.15) is 6.04 Å². The van der Waals surface area contributed by atoms with E-state index < -0.39 is 12.1 Å². The molecule has 1 aromatic carbocycles. The van der Waals surface area contributed by atoms with Crippen LogP contribution in [0.5, 0.6) is 0 Å². The van der Waals surface area contributed by atoms with E-state index in [4.69, 9.17) is 9.47 Å². The number of rotatable bonds is 4. The third-order valence-electron chi connectivity index (χ3n) is 2.68. The lowest BCUT2D eigenvalue weighted by Gasteiger charge is -2.26. The van der Waals surface area contributed by atoms with Crippen LogP contribution in [-0.2, 0) is 14.3 Å². The average molecular weight is 249 g/mol. The number of ketones is 1. The Bertz CT molecular complexity index is 428. The summed E-state index contributed by atoms with van der Waals surface area (Å²) in [5, 5.41) is 2.57. The van der Waals surface area contributed by atoms with Crippen molar-refractivity contribution in [1.29, 1.82) is 0 Å². The van der Waals surface area contributed by atoms with E-state index in [0.29, 0.717) is 13.2 Å². The van der Waals surface area contributed by atoms with Gasteiger partial charge >= 0.3 is 6.09 Å². The second-order valence-corrected chi connectivity index (χ2v) is 4.16. The Labute approximate surface area is 105 Å². The predicted octanol–water partition coefficient (Wildman–Crippen LogP) is 1.44. The maximum absolute atomic E-state index is 11.6. The molecule has 0 aliphatic carbocycles. The van der Waals surface area contributed by atoms with Crippen LogP contribution in [0, 0.1) is 0 Å². The van der Waals surface area contributed by atoms with Gasteiger partial charge in [0.2, 0.25) is 0 Å². The van der Waals surface area contributed by atoms with E-state index in [0.717, 1.165) is 5.56 Å². The van der Waals surface area contributed by atoms with Gasteiger partial charge in [0.05, 0.1) is 13.2 Å². The second-order valence-electron chi connectivity index (χ2n) is 4.16. The highest BCUT2D eigenvalue weighted by Crippen LogP contribution is 2.14. The van der Waals surface area contributed by atoms with Gasteiger partial charge in [0.25, 0.3) is 0 Å². The molecule has 1 fully saturated rings. The first-order valence-electron chi connectivity index (χ1n) is 5.77. The fourth-order valence-corrected chi connectivity index (χ4v) is 1.65. The summed E-state index contributed by atoms with van der Waals surface area (Å²) in [7, 11) is 0. The molecule has 1 atom stereocenters. The molecule has 0 bridgehead atoms. The van der Waals surface area contributed by atoms with E-state index in [1.165, 1.54) is 6.92 Å². The van der Waals surface area contributed by atoms with E-state index in [9.17, 15) is 9.59 Å². The zero-order valence-electron chi connectivity index (χ0n) is 10.1. The van der Waals surface area contributed by atoms with E-state index in [1.54, 1.807) is 12.1 Å². The Morgan fingerprint density at radius 3 is 2.50 bits per heavy atom. The summed E-state index contributed by atoms with van der Waals surface area (Å²) in [6.07, 6.45) is -0.791. The van der Waals surface area contributed by atoms with Gasteiger partial charge in [-0.3, -0.25) is 4.79 Å². The standard InChI is InChI=1S/C13H15NO4/c1-9(15)12(10-5-3-2-4-6-10)14-13(16)18-11-7-17-8-11/h2-6,11-12H,7-8H2,1H3,(H,14,16)/t12-/m0/s1. The molecule has 0 spiro atoms. The number of amides is 1. The lowest BCUT2D eigenvalue weighted by Crippen LogP contribution is -2.42. The van der Waals surface area contributed by atoms with Crippen molar-refractivity contribution in [3.05, 3.63) is 35.9 Å². The van der Waals surface area contributed by atoms with Crippen LogP contribution in [0.3, 0.4) is 0 Å². The Morgan fingerprint density at radius 1 is 1.33 bits per heavy atom. The number of nitrogens with one attached hydrogen (secondary N) is 1. The van der Waals surface area contributed by atoms with E-state index in [2.05, 4.69) is 5.32 Å². The van der Waals surface area contributed by atoms with Gasteiger partial charge in [-0.25, -0.2) is 4.79 Å². The monoisotopic (exact) mass is 249 g/mol. The molecule has 18 heavy (non-hydrogen) atoms. The number of benzene rings is 1. The Kier molecular flexibility index (Phi) is 3.94. The number of hydrogen-bond acceptors (Lipinski definition) is 4. The van der Waals surface area contributed by atoms with Gasteiger partial charge in [-0.2, -0.15) is 0 Å². The molecule has 1 aliphatic rings. The normalized spacial score (nSPS) is 16.5. The highest BCUT2D eigenvalue weighted by molar-refractivity contribution is 5.86. The van der Waals surface area contributed by atoms with Crippen molar-refractivity contribution >= 4 is 11.9 Å². The molecule has 1 aliphatic heterocycles. The van der Waals surface area contributed by atoms with E-state index in [1.807, 2.05) is 18.2 Å². The van der Waals surface area contributed by atoms with Crippen molar-refractivity contribution in [3.63, 3.8) is 0 Å². The molecule has 0 radical (unpaired) electrons. The first-order valence-corrected chi connectivity index (χ1v) is 5.77. The minimum absolute atomic E-state index is 0.136. The Hall–Kier alpha value is -1.88. The van der Waals surface area contributed by atoms with E-state index in [-0.39, 0.29) is 11.9 Å². The molecule has 96 valence electrons. The molecule has 0 unspecified atom stereocenters. The molecule has 5 nitrogen and oxygen atoms in total. The van der Waals surface area contributed by atoms with Crippen molar-refractivity contribution in [1.82, 2.24) is 5.32 Å². The predicted molar refractivity (Wildman–Crippen MR) is 64.1 cm³/mol. The molecule has 5 heteroatoms. The molecule has 1 amide bonds. The minimum Gasteiger partial charge on any atom is -0.441 e. The maximum atomic E-state index is 11.6. The van der Waals surface area contributed by atoms with Gasteiger partial charge in [-0.1, -0.05) is 30.3 Å². The van der Waals surface area contributed by atoms with Crippen molar-refractivity contribution < 1.29 is 19.1 Å². The second kappa shape index (κ2) is 5.64. The summed E-state index contributed by atoms with van der Waals surface area (Å²) in [5.41, 5.74) is 0.742. The quantitative estimate of drug-likeness (QED) is 0.877. The first-order chi connectivity index (χ1) is 8.66. The summed E-state index contributed by atoms with van der Waals surface area (Å²) < 4.78 is 9.96. The lowest BCUT2D eigenvalue weighted by atomic mass is 10.0. The molecule has 1 heterocycles. The Morgan fingerprint density at radius 2 is 2.00 bits per heavy atom. The average Bonchev–Trinajstić information content (AvgIpc) is 2.31. The molecular weight excluding hydrogens is 234 g/mol. The highest BCUT2D eigenvalue weighted by Gasteiger charge is 2.25. The van der Waals surface area contributed by atoms with Crippen LogP contribution in [-0.4, -0.2) is 31.2 Å². The number of ether oxygens (including phenoxy) is 2. The zero-order valence-corrected chi connectivity index (χ0v) is 10.1. The smallest absolute Gasteiger partial charge is 0.408 e. The summed E-state index contributed by atoms with van der Waals surface area (Å²) in [5.74, 6) is -0.136. The van der Waals surface area contributed by atoms with Crippen molar-refractivity contribution in [2.24, 2.45) is 0 Å². The molecule has 1 N–H and O–H groups in total. The molecule has 1 saturated heterocycles. The van der Waals surface area contributed by atoms with Crippen molar-refractivity contribution in [3.8, 4) is 0 Å². The van der Waals surface area contributed by atoms with Gasteiger partial charge < -0.3 is 14.8 Å². The number of alkyl carbamates (subject to hydrolysis) is 1. The number of Topliss-reactive ketones (excluding diaryl/α,β-unsaturated/α-hetero) is 1. The van der Waals surface area contributed by atoms with Crippen LogP contribution in [0.2, 0.25) is 0 Å². The molecule has 0 aromatic heterocycles. The Balaban J connectivity index is 1.98. The van der Waals surface area contributed by atoms with Gasteiger partial charge in [-0.15, -0.1) is 0 Å². The van der Waals surface area contributed by atoms with Crippen molar-refractivity contribution in [2.75, 3.05) is 13.2 Å². The van der Waals surface area contributed by atoms with Crippen LogP contribution in [0.4, 0.5) is 4.79 Å². The van der Waals surface area contributed by atoms with Gasteiger partial charge in [-0.05, 0) is 12.5 Å². The lowest BCUT2D eigenvalue weighted by molar-refractivity contribution is -0.119. The fraction of sp³-hybridized carbons (Fsp3) is 0.385. The summed E-state index contributed by atoms with van der Waals surface area (Å²) in [4.78, 5) is 23.1. The largest absolute Gasteiger partial charge is 0.441 e. The first kappa shape index (κ1) is 12.6. The topological polar surface area (TPSA) is 64.6 Å². The van der Waals surface area contributed by atoms with Crippen LogP contribution in [0.25, 0.3) is 0 Å². The highest BCUT2D eigenvalue weighted by atomic mass is 16.6. The molecule has 2 rings (SSSR count).